The molecule has 32 heavy (non-hydrogen) atoms. The predicted molar refractivity (Wildman–Crippen MR) is 122 cm³/mol. The fraction of sp³-hybridized carbons (Fsp3) is 0.565. The van der Waals surface area contributed by atoms with E-state index >= 15 is 0 Å². The molecule has 3 fully saturated rings. The molecule has 2 saturated heterocycles. The lowest BCUT2D eigenvalue weighted by Crippen LogP contribution is -2.44. The lowest BCUT2D eigenvalue weighted by molar-refractivity contribution is -0.134. The van der Waals surface area contributed by atoms with Gasteiger partial charge in [0.15, 0.2) is 0 Å². The zero-order valence-corrected chi connectivity index (χ0v) is 18.6. The molecule has 0 radical (unpaired) electrons. The third kappa shape index (κ3) is 3.69. The van der Waals surface area contributed by atoms with Crippen LogP contribution in [-0.4, -0.2) is 57.7 Å². The second-order valence-electron chi connectivity index (χ2n) is 9.29. The van der Waals surface area contributed by atoms with Gasteiger partial charge in [-0.25, -0.2) is 4.98 Å². The average Bonchev–Trinajstić information content (AvgIpc) is 3.19. The number of nitrogens with two attached hydrogens (primary N) is 1. The standard InChI is InChI=1S/C23H31N7O2/c1-16-8-11-25-30(16)23(9-10-23)22(32)26-18-6-7-19(27-20(18)24)29-14-4-5-17(15-29)21(31)28-12-2-3-13-28/h6-8,11,17H,2-5,9-10,12-15H2,1H3,(H2,24,27)(H,26,32). The largest absolute Gasteiger partial charge is 0.382 e. The van der Waals surface area contributed by atoms with Gasteiger partial charge in [0.2, 0.25) is 5.91 Å². The van der Waals surface area contributed by atoms with Gasteiger partial charge in [-0.3, -0.25) is 14.3 Å². The highest BCUT2D eigenvalue weighted by Crippen LogP contribution is 2.45. The first-order valence-electron chi connectivity index (χ1n) is 11.6. The van der Waals surface area contributed by atoms with Gasteiger partial charge in [-0.15, -0.1) is 0 Å². The summed E-state index contributed by atoms with van der Waals surface area (Å²) >= 11 is 0. The Bertz CT molecular complexity index is 1020. The number of amides is 2. The summed E-state index contributed by atoms with van der Waals surface area (Å²) in [4.78, 5) is 34.6. The highest BCUT2D eigenvalue weighted by Gasteiger charge is 2.53. The van der Waals surface area contributed by atoms with Crippen LogP contribution < -0.4 is 16.0 Å². The van der Waals surface area contributed by atoms with E-state index in [4.69, 9.17) is 5.73 Å². The number of nitrogen functional groups attached to an aromatic ring is 1. The summed E-state index contributed by atoms with van der Waals surface area (Å²) in [7, 11) is 0. The lowest BCUT2D eigenvalue weighted by Gasteiger charge is -2.34. The Hall–Kier alpha value is -3.10. The van der Waals surface area contributed by atoms with Gasteiger partial charge in [-0.05, 0) is 63.6 Å². The quantitative estimate of drug-likeness (QED) is 0.742. The smallest absolute Gasteiger partial charge is 0.252 e. The van der Waals surface area contributed by atoms with Crippen molar-refractivity contribution in [2.24, 2.45) is 5.92 Å². The van der Waals surface area contributed by atoms with Crippen LogP contribution in [0.1, 0.15) is 44.2 Å². The minimum atomic E-state index is -0.630. The molecule has 5 rings (SSSR count). The van der Waals surface area contributed by atoms with E-state index in [1.807, 2.05) is 30.0 Å². The van der Waals surface area contributed by atoms with Crippen LogP contribution in [0.25, 0.3) is 0 Å². The van der Waals surface area contributed by atoms with Gasteiger partial charge in [0.1, 0.15) is 17.2 Å². The highest BCUT2D eigenvalue weighted by molar-refractivity contribution is 6.00. The van der Waals surface area contributed by atoms with E-state index in [0.717, 1.165) is 69.7 Å². The summed E-state index contributed by atoms with van der Waals surface area (Å²) in [5, 5.41) is 7.29. The highest BCUT2D eigenvalue weighted by atomic mass is 16.2. The number of nitrogens with zero attached hydrogens (tertiary/aromatic N) is 5. The van der Waals surface area contributed by atoms with Gasteiger partial charge in [0.05, 0.1) is 11.6 Å². The molecule has 2 aliphatic heterocycles. The first kappa shape index (κ1) is 20.8. The first-order valence-corrected chi connectivity index (χ1v) is 11.6. The molecule has 1 aliphatic carbocycles. The van der Waals surface area contributed by atoms with Gasteiger partial charge in [-0.2, -0.15) is 5.10 Å². The number of carbonyl (C=O) groups is 2. The van der Waals surface area contributed by atoms with E-state index in [1.165, 1.54) is 0 Å². The maximum absolute atomic E-state index is 13.0. The number of anilines is 3. The van der Waals surface area contributed by atoms with Crippen LogP contribution >= 0.6 is 0 Å². The maximum Gasteiger partial charge on any atom is 0.252 e. The van der Waals surface area contributed by atoms with Crippen molar-refractivity contribution in [3.63, 3.8) is 0 Å². The number of hydrogen-bond acceptors (Lipinski definition) is 6. The lowest BCUT2D eigenvalue weighted by atomic mass is 9.96. The van der Waals surface area contributed by atoms with Gasteiger partial charge in [0, 0.05) is 38.1 Å². The van der Waals surface area contributed by atoms with Crippen LogP contribution in [0.2, 0.25) is 0 Å². The van der Waals surface area contributed by atoms with E-state index in [9.17, 15) is 9.59 Å². The van der Waals surface area contributed by atoms with Crippen molar-refractivity contribution in [3.8, 4) is 0 Å². The Balaban J connectivity index is 1.27. The molecule has 2 aromatic heterocycles. The second-order valence-corrected chi connectivity index (χ2v) is 9.29. The normalized spacial score (nSPS) is 22.1. The number of likely N-dealkylation sites (tertiary alicyclic amines) is 1. The fourth-order valence-corrected chi connectivity index (χ4v) is 5.04. The summed E-state index contributed by atoms with van der Waals surface area (Å²) in [6.45, 7) is 5.23. The third-order valence-electron chi connectivity index (χ3n) is 7.05. The van der Waals surface area contributed by atoms with Crippen LogP contribution in [0.4, 0.5) is 17.3 Å². The van der Waals surface area contributed by atoms with E-state index < -0.39 is 5.54 Å². The van der Waals surface area contributed by atoms with Crippen LogP contribution in [0.5, 0.6) is 0 Å². The molecule has 170 valence electrons. The molecule has 1 atom stereocenters. The van der Waals surface area contributed by atoms with Crippen LogP contribution in [-0.2, 0) is 15.1 Å². The molecule has 3 aliphatic rings. The Morgan fingerprint density at radius 2 is 1.91 bits per heavy atom. The van der Waals surface area contributed by atoms with Gasteiger partial charge in [-0.1, -0.05) is 0 Å². The molecule has 2 aromatic rings. The van der Waals surface area contributed by atoms with Crippen molar-refractivity contribution < 1.29 is 9.59 Å². The van der Waals surface area contributed by atoms with Crippen molar-refractivity contribution in [1.29, 1.82) is 0 Å². The van der Waals surface area contributed by atoms with Crippen molar-refractivity contribution in [1.82, 2.24) is 19.7 Å². The van der Waals surface area contributed by atoms with Gasteiger partial charge < -0.3 is 20.9 Å². The number of aromatic nitrogens is 3. The summed E-state index contributed by atoms with van der Waals surface area (Å²) < 4.78 is 1.80. The summed E-state index contributed by atoms with van der Waals surface area (Å²) in [6, 6.07) is 5.60. The van der Waals surface area contributed by atoms with Crippen LogP contribution in [0, 0.1) is 12.8 Å². The molecule has 2 amide bonds. The maximum atomic E-state index is 13.0. The Morgan fingerprint density at radius 3 is 2.56 bits per heavy atom. The number of aryl methyl sites for hydroxylation is 1. The number of carbonyl (C=O) groups excluding carboxylic acids is 2. The molecule has 9 heteroatoms. The van der Waals surface area contributed by atoms with Gasteiger partial charge >= 0.3 is 0 Å². The number of piperidine rings is 1. The van der Waals surface area contributed by atoms with E-state index in [1.54, 1.807) is 10.9 Å². The molecular weight excluding hydrogens is 406 g/mol. The monoisotopic (exact) mass is 437 g/mol. The third-order valence-corrected chi connectivity index (χ3v) is 7.05. The van der Waals surface area contributed by atoms with Gasteiger partial charge in [0.25, 0.3) is 5.91 Å². The molecule has 0 bridgehead atoms. The van der Waals surface area contributed by atoms with E-state index in [2.05, 4.69) is 20.3 Å². The van der Waals surface area contributed by atoms with Crippen molar-refractivity contribution in [2.75, 3.05) is 42.1 Å². The Kier molecular flexibility index (Phi) is 5.27. The molecule has 3 N–H and O–H groups in total. The minimum absolute atomic E-state index is 0.0105. The molecular formula is C23H31N7O2. The molecule has 4 heterocycles. The Morgan fingerprint density at radius 1 is 1.12 bits per heavy atom. The first-order chi connectivity index (χ1) is 15.5. The number of hydrogen-bond donors (Lipinski definition) is 2. The van der Waals surface area contributed by atoms with Crippen molar-refractivity contribution >= 4 is 29.1 Å². The van der Waals surface area contributed by atoms with Crippen molar-refractivity contribution in [3.05, 3.63) is 30.1 Å². The SMILES string of the molecule is Cc1ccnn1C1(C(=O)Nc2ccc(N3CCCC(C(=O)N4CCCC4)C3)nc2N)CC1. The minimum Gasteiger partial charge on any atom is -0.382 e. The van der Waals surface area contributed by atoms with E-state index in [0.29, 0.717) is 12.2 Å². The molecule has 1 saturated carbocycles. The Labute approximate surface area is 188 Å². The zero-order valence-electron chi connectivity index (χ0n) is 18.6. The van der Waals surface area contributed by atoms with E-state index in [-0.39, 0.29) is 23.6 Å². The number of nitrogens with one attached hydrogen (secondary N) is 1. The number of pyridine rings is 1. The molecule has 1 unspecified atom stereocenters. The topological polar surface area (TPSA) is 109 Å². The summed E-state index contributed by atoms with van der Waals surface area (Å²) in [6.07, 6.45) is 7.32. The van der Waals surface area contributed by atoms with Crippen molar-refractivity contribution in [2.45, 2.75) is 51.0 Å². The van der Waals surface area contributed by atoms with Crippen LogP contribution in [0.3, 0.4) is 0 Å². The summed E-state index contributed by atoms with van der Waals surface area (Å²) in [5.41, 5.74) is 7.07. The van der Waals surface area contributed by atoms with Crippen LogP contribution in [0.15, 0.2) is 24.4 Å². The molecule has 0 aromatic carbocycles. The molecule has 9 nitrogen and oxygen atoms in total. The molecule has 0 spiro atoms. The predicted octanol–water partition coefficient (Wildman–Crippen LogP) is 2.14. The fourth-order valence-electron chi connectivity index (χ4n) is 5.04. The second kappa shape index (κ2) is 8.11. The number of rotatable bonds is 5. The summed E-state index contributed by atoms with van der Waals surface area (Å²) in [5.74, 6) is 1.21. The average molecular weight is 438 g/mol. The zero-order chi connectivity index (χ0) is 22.3.